The maximum Gasteiger partial charge on any atom is 0.246 e. The van der Waals surface area contributed by atoms with Gasteiger partial charge < -0.3 is 19.3 Å². The molecule has 2 fully saturated rings. The van der Waals surface area contributed by atoms with Gasteiger partial charge in [0.15, 0.2) is 0 Å². The highest BCUT2D eigenvalue weighted by Crippen LogP contribution is 2.28. The third kappa shape index (κ3) is 2.67. The van der Waals surface area contributed by atoms with Crippen LogP contribution >= 0.6 is 0 Å². The number of carbonyl (C=O) groups is 2. The highest BCUT2D eigenvalue weighted by Gasteiger charge is 2.47. The zero-order chi connectivity index (χ0) is 14.7. The van der Waals surface area contributed by atoms with Crippen LogP contribution in [0.5, 0.6) is 0 Å². The van der Waals surface area contributed by atoms with Crippen LogP contribution in [0.2, 0.25) is 0 Å². The number of amides is 2. The first-order chi connectivity index (χ1) is 9.63. The molecule has 0 saturated carbocycles. The number of carbonyl (C=O) groups excluding carboxylic acids is 2. The van der Waals surface area contributed by atoms with Gasteiger partial charge in [0.1, 0.15) is 12.1 Å². The van der Waals surface area contributed by atoms with Crippen LogP contribution in [0.15, 0.2) is 0 Å². The SMILES string of the molecule is CCC1C(=O)N2CCCC2C(=O)N1CC(COC)OC. The van der Waals surface area contributed by atoms with Crippen molar-refractivity contribution in [1.82, 2.24) is 9.80 Å². The second kappa shape index (κ2) is 6.54. The molecule has 0 radical (unpaired) electrons. The molecule has 20 heavy (non-hydrogen) atoms. The van der Waals surface area contributed by atoms with Gasteiger partial charge in [0.25, 0.3) is 0 Å². The molecule has 0 bridgehead atoms. The van der Waals surface area contributed by atoms with Crippen LogP contribution in [0, 0.1) is 0 Å². The summed E-state index contributed by atoms with van der Waals surface area (Å²) in [6.07, 6.45) is 2.13. The maximum atomic E-state index is 12.6. The number of methoxy groups -OCH3 is 2. The smallest absolute Gasteiger partial charge is 0.246 e. The van der Waals surface area contributed by atoms with Crippen molar-refractivity contribution < 1.29 is 19.1 Å². The topological polar surface area (TPSA) is 59.1 Å². The van der Waals surface area contributed by atoms with Crippen molar-refractivity contribution >= 4 is 11.8 Å². The Morgan fingerprint density at radius 2 is 2.05 bits per heavy atom. The van der Waals surface area contributed by atoms with Crippen LogP contribution in [0.25, 0.3) is 0 Å². The fourth-order valence-corrected chi connectivity index (χ4v) is 3.17. The summed E-state index contributed by atoms with van der Waals surface area (Å²) in [6, 6.07) is -0.614. The van der Waals surface area contributed by atoms with Crippen LogP contribution in [-0.4, -0.2) is 73.7 Å². The van der Waals surface area contributed by atoms with Gasteiger partial charge in [0, 0.05) is 20.8 Å². The van der Waals surface area contributed by atoms with E-state index < -0.39 is 0 Å². The van der Waals surface area contributed by atoms with Gasteiger partial charge >= 0.3 is 0 Å². The number of piperazine rings is 1. The lowest BCUT2D eigenvalue weighted by atomic mass is 10.0. The predicted octanol–water partition coefficient (Wildman–Crippen LogP) is 0.260. The first-order valence-electron chi connectivity index (χ1n) is 7.26. The minimum atomic E-state index is -0.355. The molecule has 114 valence electrons. The van der Waals surface area contributed by atoms with Crippen LogP contribution in [0.3, 0.4) is 0 Å². The van der Waals surface area contributed by atoms with Crippen LogP contribution < -0.4 is 0 Å². The summed E-state index contributed by atoms with van der Waals surface area (Å²) in [5.74, 6) is 0.147. The minimum Gasteiger partial charge on any atom is -0.382 e. The number of nitrogens with zero attached hydrogens (tertiary/aromatic N) is 2. The van der Waals surface area contributed by atoms with E-state index in [0.717, 1.165) is 12.8 Å². The largest absolute Gasteiger partial charge is 0.382 e. The third-order valence-corrected chi connectivity index (χ3v) is 4.24. The average Bonchev–Trinajstić information content (AvgIpc) is 2.93. The predicted molar refractivity (Wildman–Crippen MR) is 73.2 cm³/mol. The van der Waals surface area contributed by atoms with E-state index in [-0.39, 0.29) is 30.0 Å². The molecule has 3 atom stereocenters. The summed E-state index contributed by atoms with van der Waals surface area (Å²) >= 11 is 0. The zero-order valence-electron chi connectivity index (χ0n) is 12.5. The van der Waals surface area contributed by atoms with Gasteiger partial charge in [-0.25, -0.2) is 0 Å². The molecule has 0 N–H and O–H groups in total. The van der Waals surface area contributed by atoms with Crippen molar-refractivity contribution in [3.05, 3.63) is 0 Å². The zero-order valence-corrected chi connectivity index (χ0v) is 12.5. The lowest BCUT2D eigenvalue weighted by molar-refractivity contribution is -0.161. The molecule has 0 aliphatic carbocycles. The number of fused-ring (bicyclic) bond motifs is 1. The van der Waals surface area contributed by atoms with E-state index in [1.165, 1.54) is 0 Å². The molecule has 3 unspecified atom stereocenters. The monoisotopic (exact) mass is 284 g/mol. The molecule has 2 saturated heterocycles. The van der Waals surface area contributed by atoms with Gasteiger partial charge in [-0.15, -0.1) is 0 Å². The number of ether oxygens (including phenoxy) is 2. The van der Waals surface area contributed by atoms with Crippen molar-refractivity contribution in [3.63, 3.8) is 0 Å². The Bertz CT molecular complexity index is 374. The van der Waals surface area contributed by atoms with E-state index in [4.69, 9.17) is 9.47 Å². The van der Waals surface area contributed by atoms with E-state index >= 15 is 0 Å². The van der Waals surface area contributed by atoms with Gasteiger partial charge in [-0.2, -0.15) is 0 Å². The highest BCUT2D eigenvalue weighted by atomic mass is 16.5. The molecule has 6 nitrogen and oxygen atoms in total. The Kier molecular flexibility index (Phi) is 4.99. The van der Waals surface area contributed by atoms with E-state index in [1.807, 2.05) is 6.92 Å². The maximum absolute atomic E-state index is 12.6. The van der Waals surface area contributed by atoms with E-state index in [2.05, 4.69) is 0 Å². The molecular formula is C14H24N2O4. The van der Waals surface area contributed by atoms with Crippen molar-refractivity contribution in [2.75, 3.05) is 33.9 Å². The van der Waals surface area contributed by atoms with Crippen molar-refractivity contribution in [2.24, 2.45) is 0 Å². The molecular weight excluding hydrogens is 260 g/mol. The quantitative estimate of drug-likeness (QED) is 0.702. The molecule has 2 aliphatic rings. The third-order valence-electron chi connectivity index (χ3n) is 4.24. The van der Waals surface area contributed by atoms with Crippen LogP contribution in [0.1, 0.15) is 26.2 Å². The summed E-state index contributed by atoms with van der Waals surface area (Å²) in [4.78, 5) is 28.5. The number of hydrogen-bond acceptors (Lipinski definition) is 4. The summed E-state index contributed by atoms with van der Waals surface area (Å²) < 4.78 is 10.4. The van der Waals surface area contributed by atoms with Gasteiger partial charge in [-0.1, -0.05) is 6.92 Å². The molecule has 0 aromatic carbocycles. The summed E-state index contributed by atoms with van der Waals surface area (Å²) in [5, 5.41) is 0. The summed E-state index contributed by atoms with van der Waals surface area (Å²) in [5.41, 5.74) is 0. The Balaban J connectivity index is 2.15. The Morgan fingerprint density at radius 3 is 2.65 bits per heavy atom. The Labute approximate surface area is 120 Å². The summed E-state index contributed by atoms with van der Waals surface area (Å²) in [6.45, 7) is 3.49. The number of rotatable bonds is 6. The average molecular weight is 284 g/mol. The van der Waals surface area contributed by atoms with Crippen molar-refractivity contribution in [2.45, 2.75) is 44.4 Å². The Hall–Kier alpha value is -1.14. The fourth-order valence-electron chi connectivity index (χ4n) is 3.17. The lowest BCUT2D eigenvalue weighted by Crippen LogP contribution is -2.64. The molecule has 2 amide bonds. The highest BCUT2D eigenvalue weighted by molar-refractivity contribution is 5.97. The van der Waals surface area contributed by atoms with Crippen LogP contribution in [-0.2, 0) is 19.1 Å². The minimum absolute atomic E-state index is 0.0621. The molecule has 2 rings (SSSR count). The molecule has 0 aromatic rings. The van der Waals surface area contributed by atoms with Crippen LogP contribution in [0.4, 0.5) is 0 Å². The fraction of sp³-hybridized carbons (Fsp3) is 0.857. The first kappa shape index (κ1) is 15.3. The molecule has 6 heteroatoms. The summed E-state index contributed by atoms with van der Waals surface area (Å²) in [7, 11) is 3.20. The van der Waals surface area contributed by atoms with Gasteiger partial charge in [-0.05, 0) is 19.3 Å². The standard InChI is InChI=1S/C14H24N2O4/c1-4-11-13(17)15-7-5-6-12(15)14(18)16(11)8-10(20-3)9-19-2/h10-12H,4-9H2,1-3H3. The van der Waals surface area contributed by atoms with E-state index in [9.17, 15) is 9.59 Å². The van der Waals surface area contributed by atoms with E-state index in [0.29, 0.717) is 26.1 Å². The van der Waals surface area contributed by atoms with Gasteiger partial charge in [-0.3, -0.25) is 9.59 Å². The van der Waals surface area contributed by atoms with Gasteiger partial charge in [0.05, 0.1) is 19.3 Å². The second-order valence-corrected chi connectivity index (χ2v) is 5.42. The molecule has 0 spiro atoms. The normalized spacial score (nSPS) is 27.9. The van der Waals surface area contributed by atoms with Crippen molar-refractivity contribution in [3.8, 4) is 0 Å². The molecule has 2 heterocycles. The molecule has 2 aliphatic heterocycles. The first-order valence-corrected chi connectivity index (χ1v) is 7.26. The Morgan fingerprint density at radius 1 is 1.30 bits per heavy atom. The van der Waals surface area contributed by atoms with Crippen molar-refractivity contribution in [1.29, 1.82) is 0 Å². The van der Waals surface area contributed by atoms with E-state index in [1.54, 1.807) is 24.0 Å². The van der Waals surface area contributed by atoms with Gasteiger partial charge in [0.2, 0.25) is 11.8 Å². The molecule has 0 aromatic heterocycles. The lowest BCUT2D eigenvalue weighted by Gasteiger charge is -2.43. The number of hydrogen-bond donors (Lipinski definition) is 0. The second-order valence-electron chi connectivity index (χ2n) is 5.42.